The molecule has 2 atom stereocenters. The zero-order valence-electron chi connectivity index (χ0n) is 45.0. The summed E-state index contributed by atoms with van der Waals surface area (Å²) in [6, 6.07) is 25.9. The molecule has 0 unspecified atom stereocenters. The van der Waals surface area contributed by atoms with Crippen LogP contribution in [0.3, 0.4) is 0 Å². The van der Waals surface area contributed by atoms with Crippen LogP contribution in [0.5, 0.6) is 0 Å². The number of sulfone groups is 1. The second-order valence-electron chi connectivity index (χ2n) is 22.3. The number of likely N-dealkylation sites (tertiary alicyclic amines) is 1. The Morgan fingerprint density at radius 1 is 0.782 bits per heavy atom. The Kier molecular flexibility index (Phi) is 19.2. The van der Waals surface area contributed by atoms with Crippen LogP contribution in [0.25, 0.3) is 5.57 Å². The van der Waals surface area contributed by atoms with Crippen molar-refractivity contribution in [1.82, 2.24) is 24.3 Å². The number of nitrogens with one attached hydrogen (secondary N) is 2. The number of amides is 2. The van der Waals surface area contributed by atoms with Crippen molar-refractivity contribution in [3.63, 3.8) is 0 Å². The average Bonchev–Trinajstić information content (AvgIpc) is 3.40. The molecule has 8 rings (SSSR count). The molecule has 4 aromatic rings. The Hall–Kier alpha value is -4.83. The summed E-state index contributed by atoms with van der Waals surface area (Å²) < 4.78 is 104. The van der Waals surface area contributed by atoms with Gasteiger partial charge in [-0.3, -0.25) is 14.6 Å². The number of alkyl halides is 3. The predicted octanol–water partition coefficient (Wildman–Crippen LogP) is 10.5. The zero-order valence-corrected chi connectivity index (χ0v) is 48.2. The highest BCUT2D eigenvalue weighted by Crippen LogP contribution is 2.44. The summed E-state index contributed by atoms with van der Waals surface area (Å²) in [6.45, 7) is 17.9. The van der Waals surface area contributed by atoms with Crippen LogP contribution in [0.15, 0.2) is 117 Å². The molecule has 4 aliphatic rings. The molecular formula is C57H73ClF3N7O7S3. The van der Waals surface area contributed by atoms with Gasteiger partial charge in [-0.25, -0.2) is 26.4 Å². The SMILES string of the molecule is CC(C)(C)OC(=O)N1CCN(C[C@]2(C)CCC(c3ccc(Cl)cc3)=C(CN3CCN(c4ccc(C(=O)NS(=O)(=O)c5ccc(N[C@H](CCN6CCCCC6)CSc6ccccc6)c(S(=O)(=O)C(F)(F)F)c5)cc4)CC3)C2)CC1. The first-order chi connectivity index (χ1) is 36.9. The fourth-order valence-electron chi connectivity index (χ4n) is 10.8. The first-order valence-corrected chi connectivity index (χ1v) is 31.2. The standard InChI is InChI=1S/C57H73ClF3N7O7S3/c1-55(2,3)75-54(70)68-35-31-66(32-36-68)41-56(4)25-23-50(42-13-17-45(58)18-14-42)44(38-56)39-65-29-33-67(34-30-65)47-19-15-43(16-20-47)53(69)63-78(73,74)49-21-22-51(52(37-49)77(71,72)57(59,60)61)62-46(24-28-64-26-9-6-10-27-64)40-76-48-11-7-5-8-12-48/h5,7-8,11-22,37,46,62H,6,9-10,23-36,38-41H2,1-4H3,(H,63,69)/t46-,56-/m1/s1. The molecule has 4 aromatic carbocycles. The molecule has 78 heavy (non-hydrogen) atoms. The lowest BCUT2D eigenvalue weighted by Gasteiger charge is -2.44. The molecule has 0 radical (unpaired) electrons. The van der Waals surface area contributed by atoms with Crippen molar-refractivity contribution in [3.8, 4) is 0 Å². The smallest absolute Gasteiger partial charge is 0.444 e. The number of carbonyl (C=O) groups excluding carboxylic acids is 2. The fourth-order valence-corrected chi connectivity index (χ4v) is 14.0. The maximum absolute atomic E-state index is 14.3. The lowest BCUT2D eigenvalue weighted by Crippen LogP contribution is -2.52. The predicted molar refractivity (Wildman–Crippen MR) is 303 cm³/mol. The monoisotopic (exact) mass is 1160 g/mol. The third kappa shape index (κ3) is 15.7. The summed E-state index contributed by atoms with van der Waals surface area (Å²) in [5, 5.41) is 3.72. The number of carbonyl (C=O) groups is 2. The summed E-state index contributed by atoms with van der Waals surface area (Å²) >= 11 is 7.79. The third-order valence-corrected chi connectivity index (χ3v) is 19.3. The third-order valence-electron chi connectivity index (χ3n) is 15.0. The minimum Gasteiger partial charge on any atom is -0.444 e. The maximum Gasteiger partial charge on any atom is 0.501 e. The summed E-state index contributed by atoms with van der Waals surface area (Å²) in [6.07, 6.45) is 6.32. The van der Waals surface area contributed by atoms with Gasteiger partial charge in [-0.2, -0.15) is 13.2 Å². The Balaban J connectivity index is 0.900. The van der Waals surface area contributed by atoms with Gasteiger partial charge in [-0.1, -0.05) is 60.9 Å². The van der Waals surface area contributed by atoms with Gasteiger partial charge in [0.25, 0.3) is 25.8 Å². The molecule has 1 aliphatic carbocycles. The van der Waals surface area contributed by atoms with E-state index in [9.17, 15) is 39.6 Å². The number of nitrogens with zero attached hydrogens (tertiary/aromatic N) is 5. The van der Waals surface area contributed by atoms with Crippen LogP contribution in [0.1, 0.15) is 88.6 Å². The minimum absolute atomic E-state index is 0.0122. The Bertz CT molecular complexity index is 2960. The average molecular weight is 1160 g/mol. The molecule has 21 heteroatoms. The summed E-state index contributed by atoms with van der Waals surface area (Å²) in [5.41, 5.74) is -1.88. The van der Waals surface area contributed by atoms with E-state index < -0.39 is 52.7 Å². The zero-order chi connectivity index (χ0) is 55.9. The van der Waals surface area contributed by atoms with Gasteiger partial charge in [-0.05, 0) is 156 Å². The highest BCUT2D eigenvalue weighted by atomic mass is 35.5. The van der Waals surface area contributed by atoms with Crippen molar-refractivity contribution in [3.05, 3.63) is 119 Å². The Morgan fingerprint density at radius 3 is 2.08 bits per heavy atom. The number of sulfonamides is 1. The van der Waals surface area contributed by atoms with E-state index in [1.165, 1.54) is 40.6 Å². The normalized spacial score (nSPS) is 20.1. The van der Waals surface area contributed by atoms with Crippen molar-refractivity contribution in [2.75, 3.05) is 101 Å². The molecule has 14 nitrogen and oxygen atoms in total. The van der Waals surface area contributed by atoms with E-state index >= 15 is 0 Å². The first kappa shape index (κ1) is 59.3. The lowest BCUT2D eigenvalue weighted by atomic mass is 9.71. The number of hydrogen-bond acceptors (Lipinski definition) is 13. The van der Waals surface area contributed by atoms with Gasteiger partial charge in [0.05, 0.1) is 10.6 Å². The molecule has 0 bridgehead atoms. The molecule has 2 N–H and O–H groups in total. The summed E-state index contributed by atoms with van der Waals surface area (Å²) in [4.78, 5) is 36.4. The largest absolute Gasteiger partial charge is 0.501 e. The van der Waals surface area contributed by atoms with E-state index in [0.29, 0.717) is 56.0 Å². The van der Waals surface area contributed by atoms with E-state index in [1.807, 2.05) is 68.0 Å². The first-order valence-electron chi connectivity index (χ1n) is 26.9. The molecule has 2 amide bonds. The second-order valence-corrected chi connectivity index (χ2v) is 27.4. The number of piperidine rings is 1. The van der Waals surface area contributed by atoms with Crippen molar-refractivity contribution in [1.29, 1.82) is 0 Å². The van der Waals surface area contributed by atoms with Crippen LogP contribution in [0.2, 0.25) is 5.02 Å². The van der Waals surface area contributed by atoms with Gasteiger partial charge < -0.3 is 24.8 Å². The molecule has 3 aliphatic heterocycles. The number of anilines is 2. The van der Waals surface area contributed by atoms with Crippen LogP contribution in [0, 0.1) is 5.41 Å². The van der Waals surface area contributed by atoms with Crippen LogP contribution in [0.4, 0.5) is 29.3 Å². The van der Waals surface area contributed by atoms with Gasteiger partial charge in [0.15, 0.2) is 0 Å². The Morgan fingerprint density at radius 2 is 1.44 bits per heavy atom. The number of piperazine rings is 2. The number of ether oxygens (including phenoxy) is 1. The molecule has 3 heterocycles. The Labute approximate surface area is 468 Å². The second kappa shape index (κ2) is 25.3. The van der Waals surface area contributed by atoms with Gasteiger partial charge in [0.2, 0.25) is 0 Å². The van der Waals surface area contributed by atoms with E-state index in [1.54, 1.807) is 17.0 Å². The van der Waals surface area contributed by atoms with Crippen molar-refractivity contribution in [2.45, 2.75) is 104 Å². The van der Waals surface area contributed by atoms with E-state index in [-0.39, 0.29) is 22.8 Å². The minimum atomic E-state index is -6.06. The molecule has 0 aromatic heterocycles. The molecule has 0 saturated carbocycles. The highest BCUT2D eigenvalue weighted by molar-refractivity contribution is 7.99. The lowest BCUT2D eigenvalue weighted by molar-refractivity contribution is -0.0436. The fraction of sp³-hybridized carbons (Fsp3) is 0.509. The van der Waals surface area contributed by atoms with Crippen LogP contribution in [-0.4, -0.2) is 156 Å². The van der Waals surface area contributed by atoms with E-state index in [2.05, 4.69) is 44.0 Å². The number of rotatable bonds is 18. The van der Waals surface area contributed by atoms with Gasteiger partial charge in [-0.15, -0.1) is 11.8 Å². The van der Waals surface area contributed by atoms with E-state index in [4.69, 9.17) is 16.3 Å². The summed E-state index contributed by atoms with van der Waals surface area (Å²) in [7, 11) is -10.9. The van der Waals surface area contributed by atoms with Gasteiger partial charge in [0.1, 0.15) is 10.5 Å². The highest BCUT2D eigenvalue weighted by Gasteiger charge is 2.49. The van der Waals surface area contributed by atoms with Gasteiger partial charge >= 0.3 is 11.6 Å². The van der Waals surface area contributed by atoms with E-state index in [0.717, 1.165) is 114 Å². The number of thioether (sulfide) groups is 1. The number of allylic oxidation sites excluding steroid dienone is 1. The van der Waals surface area contributed by atoms with Gasteiger partial charge in [0, 0.05) is 105 Å². The molecular weight excluding hydrogens is 1080 g/mol. The van der Waals surface area contributed by atoms with Crippen molar-refractivity contribution < 1.29 is 44.3 Å². The topological polar surface area (TPSA) is 152 Å². The summed E-state index contributed by atoms with van der Waals surface area (Å²) in [5.74, 6) is -0.641. The van der Waals surface area contributed by atoms with Crippen LogP contribution in [-0.2, 0) is 24.6 Å². The van der Waals surface area contributed by atoms with Crippen molar-refractivity contribution >= 4 is 72.2 Å². The number of halogens is 4. The molecule has 0 spiro atoms. The molecule has 3 fully saturated rings. The van der Waals surface area contributed by atoms with Crippen LogP contribution < -0.4 is 14.9 Å². The maximum atomic E-state index is 14.3. The quantitative estimate of drug-likeness (QED) is 0.0910. The molecule has 424 valence electrons. The number of hydrogen-bond donors (Lipinski definition) is 2. The molecule has 3 saturated heterocycles. The van der Waals surface area contributed by atoms with Crippen molar-refractivity contribution in [2.24, 2.45) is 5.41 Å². The number of benzene rings is 4. The van der Waals surface area contributed by atoms with Crippen LogP contribution >= 0.6 is 23.4 Å².